The van der Waals surface area contributed by atoms with Gasteiger partial charge in [-0.15, -0.1) is 0 Å². The van der Waals surface area contributed by atoms with Crippen LogP contribution in [0.3, 0.4) is 0 Å². The minimum Gasteiger partial charge on any atom is -0.314 e. The number of piperazine rings is 1. The molecule has 1 aliphatic carbocycles. The van der Waals surface area contributed by atoms with Crippen LogP contribution in [0.25, 0.3) is 0 Å². The molecule has 2 rings (SSSR count). The quantitative estimate of drug-likeness (QED) is 0.813. The molecule has 1 N–H and O–H groups in total. The lowest BCUT2D eigenvalue weighted by Crippen LogP contribution is -2.49. The van der Waals surface area contributed by atoms with Crippen molar-refractivity contribution in [3.05, 3.63) is 0 Å². The van der Waals surface area contributed by atoms with Gasteiger partial charge in [0.25, 0.3) is 0 Å². The molecule has 17 heavy (non-hydrogen) atoms. The van der Waals surface area contributed by atoms with Crippen molar-refractivity contribution in [1.82, 2.24) is 10.2 Å². The Bertz CT molecular complexity index is 223. The third-order valence-electron chi connectivity index (χ3n) is 5.38. The highest BCUT2D eigenvalue weighted by Gasteiger charge is 2.33. The second-order valence-electron chi connectivity index (χ2n) is 6.63. The molecule has 0 aromatic rings. The fraction of sp³-hybridized carbons (Fsp3) is 1.00. The molecule has 2 nitrogen and oxygen atoms in total. The molecule has 0 unspecified atom stereocenters. The molecule has 2 aliphatic rings. The average molecular weight is 238 g/mol. The Hall–Kier alpha value is -0.0800. The Labute approximate surface area is 107 Å². The van der Waals surface area contributed by atoms with Crippen molar-refractivity contribution >= 4 is 0 Å². The van der Waals surface area contributed by atoms with Crippen molar-refractivity contribution in [3.8, 4) is 0 Å². The highest BCUT2D eigenvalue weighted by atomic mass is 15.2. The lowest BCUT2D eigenvalue weighted by atomic mass is 9.68. The first-order valence-corrected chi connectivity index (χ1v) is 7.58. The Morgan fingerprint density at radius 3 is 2.18 bits per heavy atom. The second kappa shape index (κ2) is 5.71. The van der Waals surface area contributed by atoms with Crippen LogP contribution in [-0.2, 0) is 0 Å². The first kappa shape index (κ1) is 13.4. The molecule has 0 aromatic heterocycles. The first-order chi connectivity index (χ1) is 8.13. The molecule has 0 bridgehead atoms. The summed E-state index contributed by atoms with van der Waals surface area (Å²) in [6.45, 7) is 12.2. The van der Waals surface area contributed by atoms with Crippen molar-refractivity contribution < 1.29 is 0 Å². The summed E-state index contributed by atoms with van der Waals surface area (Å²) in [5.74, 6) is 0.965. The van der Waals surface area contributed by atoms with Crippen LogP contribution in [0.1, 0.15) is 52.9 Å². The van der Waals surface area contributed by atoms with Crippen molar-refractivity contribution in [2.45, 2.75) is 58.9 Å². The molecule has 100 valence electrons. The number of nitrogens with zero attached hydrogens (tertiary/aromatic N) is 1. The van der Waals surface area contributed by atoms with Gasteiger partial charge in [-0.25, -0.2) is 0 Å². The van der Waals surface area contributed by atoms with Crippen LogP contribution in [-0.4, -0.2) is 37.1 Å². The molecule has 0 amide bonds. The molecule has 0 radical (unpaired) electrons. The van der Waals surface area contributed by atoms with E-state index in [1.807, 2.05) is 0 Å². The Morgan fingerprint density at radius 2 is 1.65 bits per heavy atom. The minimum atomic E-state index is 0.564. The maximum absolute atomic E-state index is 3.45. The Balaban J connectivity index is 1.81. The average Bonchev–Trinajstić information content (AvgIpc) is 2.40. The predicted octanol–water partition coefficient (Wildman–Crippen LogP) is 2.89. The van der Waals surface area contributed by atoms with E-state index in [9.17, 15) is 0 Å². The van der Waals surface area contributed by atoms with E-state index in [4.69, 9.17) is 0 Å². The van der Waals surface area contributed by atoms with Gasteiger partial charge in [-0.2, -0.15) is 0 Å². The number of hydrogen-bond donors (Lipinski definition) is 1. The van der Waals surface area contributed by atoms with Crippen LogP contribution in [0.4, 0.5) is 0 Å². The van der Waals surface area contributed by atoms with E-state index in [2.05, 4.69) is 31.0 Å². The third-order valence-corrected chi connectivity index (χ3v) is 5.38. The summed E-state index contributed by atoms with van der Waals surface area (Å²) in [7, 11) is 0. The molecule has 0 aromatic carbocycles. The molecular formula is C15H30N2. The van der Waals surface area contributed by atoms with E-state index < -0.39 is 0 Å². The largest absolute Gasteiger partial charge is 0.314 e. The van der Waals surface area contributed by atoms with Gasteiger partial charge < -0.3 is 5.32 Å². The topological polar surface area (TPSA) is 15.3 Å². The monoisotopic (exact) mass is 238 g/mol. The van der Waals surface area contributed by atoms with Crippen LogP contribution < -0.4 is 5.32 Å². The molecule has 2 heteroatoms. The van der Waals surface area contributed by atoms with Gasteiger partial charge in [0.2, 0.25) is 0 Å². The van der Waals surface area contributed by atoms with Crippen molar-refractivity contribution in [1.29, 1.82) is 0 Å². The van der Waals surface area contributed by atoms with E-state index >= 15 is 0 Å². The smallest absolute Gasteiger partial charge is 0.0110 e. The fourth-order valence-corrected chi connectivity index (χ4v) is 3.56. The summed E-state index contributed by atoms with van der Waals surface area (Å²) < 4.78 is 0. The molecule has 0 spiro atoms. The van der Waals surface area contributed by atoms with Crippen LogP contribution in [0.2, 0.25) is 0 Å². The van der Waals surface area contributed by atoms with Crippen molar-refractivity contribution in [3.63, 3.8) is 0 Å². The maximum Gasteiger partial charge on any atom is 0.0110 e. The van der Waals surface area contributed by atoms with Gasteiger partial charge in [0.05, 0.1) is 0 Å². The summed E-state index contributed by atoms with van der Waals surface area (Å²) in [4.78, 5) is 2.73. The zero-order valence-electron chi connectivity index (χ0n) is 12.0. The molecule has 2 fully saturated rings. The van der Waals surface area contributed by atoms with Gasteiger partial charge in [0.15, 0.2) is 0 Å². The highest BCUT2D eigenvalue weighted by Crippen LogP contribution is 2.41. The second-order valence-corrected chi connectivity index (χ2v) is 6.63. The van der Waals surface area contributed by atoms with Gasteiger partial charge in [-0.05, 0) is 37.0 Å². The van der Waals surface area contributed by atoms with Crippen molar-refractivity contribution in [2.24, 2.45) is 11.3 Å². The lowest BCUT2D eigenvalue weighted by Gasteiger charge is -2.43. The van der Waals surface area contributed by atoms with E-state index in [0.717, 1.165) is 12.0 Å². The SMILES string of the molecule is CCC(C)(C)C1CCC(N2CCNCC2)CC1. The van der Waals surface area contributed by atoms with Crippen LogP contribution in [0, 0.1) is 11.3 Å². The van der Waals surface area contributed by atoms with E-state index in [1.54, 1.807) is 0 Å². The minimum absolute atomic E-state index is 0.564. The highest BCUT2D eigenvalue weighted by molar-refractivity contribution is 4.87. The molecule has 1 saturated heterocycles. The summed E-state index contributed by atoms with van der Waals surface area (Å²) in [5.41, 5.74) is 0.564. The van der Waals surface area contributed by atoms with Gasteiger partial charge in [-0.3, -0.25) is 4.90 Å². The Morgan fingerprint density at radius 1 is 1.06 bits per heavy atom. The fourth-order valence-electron chi connectivity index (χ4n) is 3.56. The summed E-state index contributed by atoms with van der Waals surface area (Å²) >= 11 is 0. The summed E-state index contributed by atoms with van der Waals surface area (Å²) in [6.07, 6.45) is 7.11. The Kier molecular flexibility index (Phi) is 4.48. The van der Waals surface area contributed by atoms with E-state index in [0.29, 0.717) is 5.41 Å². The van der Waals surface area contributed by atoms with E-state index in [1.165, 1.54) is 58.3 Å². The molecule has 1 aliphatic heterocycles. The van der Waals surface area contributed by atoms with Crippen LogP contribution >= 0.6 is 0 Å². The molecular weight excluding hydrogens is 208 g/mol. The van der Waals surface area contributed by atoms with Gasteiger partial charge in [-0.1, -0.05) is 27.2 Å². The molecule has 0 atom stereocenters. The predicted molar refractivity (Wildman–Crippen MR) is 74.3 cm³/mol. The van der Waals surface area contributed by atoms with Gasteiger partial charge >= 0.3 is 0 Å². The maximum atomic E-state index is 3.45. The summed E-state index contributed by atoms with van der Waals surface area (Å²) in [5, 5.41) is 3.45. The number of nitrogens with one attached hydrogen (secondary N) is 1. The molecule has 1 heterocycles. The van der Waals surface area contributed by atoms with Gasteiger partial charge in [0.1, 0.15) is 0 Å². The van der Waals surface area contributed by atoms with Crippen LogP contribution in [0.5, 0.6) is 0 Å². The third kappa shape index (κ3) is 3.23. The summed E-state index contributed by atoms with van der Waals surface area (Å²) in [6, 6.07) is 0.890. The van der Waals surface area contributed by atoms with Crippen molar-refractivity contribution in [2.75, 3.05) is 26.2 Å². The lowest BCUT2D eigenvalue weighted by molar-refractivity contribution is 0.0784. The van der Waals surface area contributed by atoms with Gasteiger partial charge in [0, 0.05) is 32.2 Å². The number of rotatable bonds is 3. The first-order valence-electron chi connectivity index (χ1n) is 7.58. The van der Waals surface area contributed by atoms with E-state index in [-0.39, 0.29) is 0 Å². The number of hydrogen-bond acceptors (Lipinski definition) is 2. The van der Waals surface area contributed by atoms with Crippen LogP contribution in [0.15, 0.2) is 0 Å². The zero-order chi connectivity index (χ0) is 12.3. The standard InChI is InChI=1S/C15H30N2/c1-4-15(2,3)13-5-7-14(8-6-13)17-11-9-16-10-12-17/h13-14,16H,4-12H2,1-3H3. The zero-order valence-corrected chi connectivity index (χ0v) is 12.0. The normalized spacial score (nSPS) is 32.6. The molecule has 1 saturated carbocycles.